The van der Waals surface area contributed by atoms with Crippen LogP contribution < -0.4 is 15.5 Å². The van der Waals surface area contributed by atoms with E-state index in [0.29, 0.717) is 5.92 Å². The third kappa shape index (κ3) is 5.78. The molecular weight excluding hydrogens is 436 g/mol. The molecule has 2 unspecified atom stereocenters. The quantitative estimate of drug-likeness (QED) is 0.521. The van der Waals surface area contributed by atoms with Crippen LogP contribution in [0.5, 0.6) is 0 Å². The highest BCUT2D eigenvalue weighted by Gasteiger charge is 2.51. The topological polar surface area (TPSA) is 84.9 Å². The lowest BCUT2D eigenvalue weighted by molar-refractivity contribution is -0.114. The first kappa shape index (κ1) is 24.6. The lowest BCUT2D eigenvalue weighted by Gasteiger charge is -2.52. The minimum atomic E-state index is -1.89. The van der Waals surface area contributed by atoms with E-state index in [0.717, 1.165) is 69.9 Å². The summed E-state index contributed by atoms with van der Waals surface area (Å²) in [5.41, 5.74) is 1.89. The number of nitrogens with one attached hydrogen (secondary N) is 2. The van der Waals surface area contributed by atoms with E-state index < -0.39 is 16.0 Å². The Balaban J connectivity index is 1.52. The molecule has 2 saturated heterocycles. The lowest BCUT2D eigenvalue weighted by atomic mass is 9.78. The number of amides is 1. The summed E-state index contributed by atoms with van der Waals surface area (Å²) in [4.78, 5) is 15.5. The average Bonchev–Trinajstić information content (AvgIpc) is 2.83. The molecule has 1 saturated carbocycles. The van der Waals surface area contributed by atoms with Crippen molar-refractivity contribution in [3.8, 4) is 0 Å². The van der Waals surface area contributed by atoms with Crippen molar-refractivity contribution in [2.75, 3.05) is 49.5 Å². The molecule has 0 bridgehead atoms. The van der Waals surface area contributed by atoms with Gasteiger partial charge in [0.05, 0.1) is 0 Å². The molecule has 2 heterocycles. The van der Waals surface area contributed by atoms with Crippen molar-refractivity contribution in [1.82, 2.24) is 10.2 Å². The SMILES string of the molecule is CC(=O)Nc1cccc(N2CCN(C(CC3CCCCC3)(C3CCNCC3)S(=O)O)CC2)c1. The van der Waals surface area contributed by atoms with Crippen LogP contribution in [0.2, 0.25) is 0 Å². The predicted octanol–water partition coefficient (Wildman–Crippen LogP) is 3.66. The van der Waals surface area contributed by atoms with Gasteiger partial charge in [-0.15, -0.1) is 0 Å². The molecule has 7 nitrogen and oxygen atoms in total. The Labute approximate surface area is 201 Å². The first-order valence-electron chi connectivity index (χ1n) is 12.7. The van der Waals surface area contributed by atoms with Gasteiger partial charge in [0.25, 0.3) is 0 Å². The van der Waals surface area contributed by atoms with Crippen molar-refractivity contribution in [3.63, 3.8) is 0 Å². The van der Waals surface area contributed by atoms with Crippen molar-refractivity contribution in [3.05, 3.63) is 24.3 Å². The van der Waals surface area contributed by atoms with Gasteiger partial charge in [0.2, 0.25) is 5.91 Å². The van der Waals surface area contributed by atoms with Crippen LogP contribution in [0.15, 0.2) is 24.3 Å². The summed E-state index contributed by atoms with van der Waals surface area (Å²) in [6.45, 7) is 6.60. The van der Waals surface area contributed by atoms with Gasteiger partial charge in [0.1, 0.15) is 4.87 Å². The second kappa shape index (κ2) is 11.3. The van der Waals surface area contributed by atoms with Crippen LogP contribution in [0.4, 0.5) is 11.4 Å². The molecule has 0 radical (unpaired) electrons. The maximum absolute atomic E-state index is 13.2. The molecular formula is C25H40N4O3S. The van der Waals surface area contributed by atoms with Crippen molar-refractivity contribution in [1.29, 1.82) is 0 Å². The maximum atomic E-state index is 13.2. The van der Waals surface area contributed by atoms with Gasteiger partial charge in [-0.25, -0.2) is 4.21 Å². The van der Waals surface area contributed by atoms with Crippen molar-refractivity contribution in [2.24, 2.45) is 11.8 Å². The number of rotatable bonds is 7. The highest BCUT2D eigenvalue weighted by Crippen LogP contribution is 2.43. The standard InChI is InChI=1S/C25H40N4O3S/c1-20(30)27-23-8-5-9-24(18-23)28-14-16-29(17-15-28)25(33(31)32,22-10-12-26-13-11-22)19-21-6-3-2-4-7-21/h5,8-9,18,21-22,26H,2-4,6-7,10-17,19H2,1H3,(H,27,30)(H,31,32). The number of piperidine rings is 1. The fraction of sp³-hybridized carbons (Fsp3) is 0.720. The molecule has 3 aliphatic rings. The number of nitrogens with zero attached hydrogens (tertiary/aromatic N) is 2. The summed E-state index contributed by atoms with van der Waals surface area (Å²) < 4.78 is 24.0. The normalized spacial score (nSPS) is 24.2. The average molecular weight is 477 g/mol. The van der Waals surface area contributed by atoms with Crippen LogP contribution in [0, 0.1) is 11.8 Å². The molecule has 184 valence electrons. The number of anilines is 2. The molecule has 3 fully saturated rings. The summed E-state index contributed by atoms with van der Waals surface area (Å²) in [6, 6.07) is 7.97. The van der Waals surface area contributed by atoms with Gasteiger partial charge in [-0.3, -0.25) is 9.69 Å². The zero-order valence-corrected chi connectivity index (χ0v) is 20.7. The molecule has 1 aromatic carbocycles. The Morgan fingerprint density at radius 1 is 1.12 bits per heavy atom. The molecule has 2 atom stereocenters. The van der Waals surface area contributed by atoms with Crippen LogP contribution in [-0.2, 0) is 15.9 Å². The number of carbonyl (C=O) groups excluding carboxylic acids is 1. The van der Waals surface area contributed by atoms with Crippen molar-refractivity contribution in [2.45, 2.75) is 63.2 Å². The summed E-state index contributed by atoms with van der Waals surface area (Å²) >= 11 is -1.89. The Bertz CT molecular complexity index is 818. The second-order valence-electron chi connectivity index (χ2n) is 10.0. The zero-order chi connectivity index (χ0) is 23.3. The summed E-state index contributed by atoms with van der Waals surface area (Å²) in [5.74, 6) is 0.732. The summed E-state index contributed by atoms with van der Waals surface area (Å²) in [6.07, 6.45) is 8.98. The van der Waals surface area contributed by atoms with E-state index in [1.54, 1.807) is 0 Å². The first-order valence-corrected chi connectivity index (χ1v) is 13.8. The Morgan fingerprint density at radius 2 is 1.82 bits per heavy atom. The van der Waals surface area contributed by atoms with E-state index >= 15 is 0 Å². The van der Waals surface area contributed by atoms with Crippen molar-refractivity contribution >= 4 is 28.4 Å². The van der Waals surface area contributed by atoms with Crippen LogP contribution in [0.25, 0.3) is 0 Å². The molecule has 1 aromatic rings. The summed E-state index contributed by atoms with van der Waals surface area (Å²) in [5, 5.41) is 6.31. The van der Waals surface area contributed by atoms with Gasteiger partial charge in [0.15, 0.2) is 11.1 Å². The van der Waals surface area contributed by atoms with Crippen LogP contribution in [0.1, 0.15) is 58.3 Å². The van der Waals surface area contributed by atoms with Gasteiger partial charge in [-0.05, 0) is 62.4 Å². The molecule has 3 N–H and O–H groups in total. The van der Waals surface area contributed by atoms with Gasteiger partial charge in [-0.2, -0.15) is 0 Å². The van der Waals surface area contributed by atoms with Crippen LogP contribution in [-0.4, -0.2) is 63.7 Å². The van der Waals surface area contributed by atoms with Gasteiger partial charge >= 0.3 is 0 Å². The van der Waals surface area contributed by atoms with E-state index in [1.807, 2.05) is 18.2 Å². The maximum Gasteiger partial charge on any atom is 0.221 e. The van der Waals surface area contributed by atoms with E-state index in [1.165, 1.54) is 39.0 Å². The highest BCUT2D eigenvalue weighted by atomic mass is 32.2. The van der Waals surface area contributed by atoms with E-state index in [-0.39, 0.29) is 11.8 Å². The van der Waals surface area contributed by atoms with Crippen LogP contribution >= 0.6 is 0 Å². The number of hydrogen-bond acceptors (Lipinski definition) is 5. The van der Waals surface area contributed by atoms with Gasteiger partial charge < -0.3 is 20.1 Å². The Kier molecular flexibility index (Phi) is 8.43. The molecule has 1 amide bonds. The van der Waals surface area contributed by atoms with E-state index in [4.69, 9.17) is 0 Å². The molecule has 0 aromatic heterocycles. The lowest BCUT2D eigenvalue weighted by Crippen LogP contribution is -2.64. The van der Waals surface area contributed by atoms with Crippen LogP contribution in [0.3, 0.4) is 0 Å². The third-order valence-electron chi connectivity index (χ3n) is 7.93. The number of piperazine rings is 1. The highest BCUT2D eigenvalue weighted by molar-refractivity contribution is 7.80. The number of hydrogen-bond donors (Lipinski definition) is 3. The number of benzene rings is 1. The monoisotopic (exact) mass is 476 g/mol. The first-order chi connectivity index (χ1) is 16.0. The molecule has 4 rings (SSSR count). The molecule has 1 aliphatic carbocycles. The second-order valence-corrected chi connectivity index (χ2v) is 11.2. The zero-order valence-electron chi connectivity index (χ0n) is 19.9. The Hall–Kier alpha value is -1.48. The minimum absolute atomic E-state index is 0.0723. The predicted molar refractivity (Wildman–Crippen MR) is 135 cm³/mol. The van der Waals surface area contributed by atoms with Crippen molar-refractivity contribution < 1.29 is 13.6 Å². The largest absolute Gasteiger partial charge is 0.369 e. The van der Waals surface area contributed by atoms with Gasteiger partial charge in [0, 0.05) is 44.5 Å². The molecule has 8 heteroatoms. The summed E-state index contributed by atoms with van der Waals surface area (Å²) in [7, 11) is 0. The third-order valence-corrected chi connectivity index (χ3v) is 9.29. The fourth-order valence-electron chi connectivity index (χ4n) is 6.28. The fourth-order valence-corrected chi connectivity index (χ4v) is 7.59. The molecule has 33 heavy (non-hydrogen) atoms. The Morgan fingerprint density at radius 3 is 2.45 bits per heavy atom. The van der Waals surface area contributed by atoms with E-state index in [9.17, 15) is 13.6 Å². The number of carbonyl (C=O) groups is 1. The van der Waals surface area contributed by atoms with Gasteiger partial charge in [-0.1, -0.05) is 38.2 Å². The molecule has 2 aliphatic heterocycles. The van der Waals surface area contributed by atoms with E-state index in [2.05, 4.69) is 26.5 Å². The smallest absolute Gasteiger partial charge is 0.221 e. The minimum Gasteiger partial charge on any atom is -0.369 e. The molecule has 0 spiro atoms.